The number of hydrogen-bond donors (Lipinski definition) is 0. The van der Waals surface area contributed by atoms with E-state index in [2.05, 4.69) is 33.0 Å². The van der Waals surface area contributed by atoms with Crippen LogP contribution in [0.1, 0.15) is 58.8 Å². The summed E-state index contributed by atoms with van der Waals surface area (Å²) in [7, 11) is -1.35. The maximum absolute atomic E-state index is 6.31. The highest BCUT2D eigenvalue weighted by molar-refractivity contribution is 6.72. The van der Waals surface area contributed by atoms with Gasteiger partial charge in [-0.2, -0.15) is 0 Å². The molecule has 1 unspecified atom stereocenters. The molecule has 0 aromatic heterocycles. The van der Waals surface area contributed by atoms with E-state index in [4.69, 9.17) is 4.43 Å². The lowest BCUT2D eigenvalue weighted by atomic mass is 10.0. The standard InChI is InChI=1S/C15H30OSi/c1-5-7-9-11-14-13-17(3,4)16-15(14)12-10-8-6-2/h11,15H,5-10,12-13H2,1-4H3/b14-11+. The second-order valence-electron chi connectivity index (χ2n) is 5.96. The van der Waals surface area contributed by atoms with Gasteiger partial charge in [0.25, 0.3) is 0 Å². The third-order valence-corrected chi connectivity index (χ3v) is 5.72. The van der Waals surface area contributed by atoms with Crippen molar-refractivity contribution < 1.29 is 4.43 Å². The van der Waals surface area contributed by atoms with E-state index in [0.29, 0.717) is 6.10 Å². The summed E-state index contributed by atoms with van der Waals surface area (Å²) in [4.78, 5) is 0. The minimum Gasteiger partial charge on any atom is -0.410 e. The number of rotatable bonds is 7. The molecule has 1 fully saturated rings. The first-order valence-electron chi connectivity index (χ1n) is 7.45. The van der Waals surface area contributed by atoms with Crippen LogP contribution < -0.4 is 0 Å². The second kappa shape index (κ2) is 7.37. The van der Waals surface area contributed by atoms with Crippen LogP contribution in [-0.2, 0) is 4.43 Å². The Kier molecular flexibility index (Phi) is 6.50. The summed E-state index contributed by atoms with van der Waals surface area (Å²) in [5, 5.41) is 0. The van der Waals surface area contributed by atoms with Crippen molar-refractivity contribution in [3.05, 3.63) is 11.6 Å². The second-order valence-corrected chi connectivity index (χ2v) is 10.1. The van der Waals surface area contributed by atoms with E-state index in [-0.39, 0.29) is 0 Å². The Morgan fingerprint density at radius 3 is 2.53 bits per heavy atom. The molecule has 1 atom stereocenters. The summed E-state index contributed by atoms with van der Waals surface area (Å²) < 4.78 is 6.31. The summed E-state index contributed by atoms with van der Waals surface area (Å²) in [5.41, 5.74) is 1.63. The summed E-state index contributed by atoms with van der Waals surface area (Å²) in [5.74, 6) is 0. The number of allylic oxidation sites excluding steroid dienone is 1. The van der Waals surface area contributed by atoms with E-state index in [1.165, 1.54) is 51.0 Å². The van der Waals surface area contributed by atoms with Crippen LogP contribution in [0, 0.1) is 0 Å². The van der Waals surface area contributed by atoms with Crippen LogP contribution in [0.3, 0.4) is 0 Å². The molecule has 0 bridgehead atoms. The van der Waals surface area contributed by atoms with Gasteiger partial charge in [0, 0.05) is 0 Å². The van der Waals surface area contributed by atoms with Gasteiger partial charge in [0.15, 0.2) is 8.32 Å². The van der Waals surface area contributed by atoms with E-state index in [9.17, 15) is 0 Å². The van der Waals surface area contributed by atoms with Crippen molar-refractivity contribution in [2.75, 3.05) is 0 Å². The van der Waals surface area contributed by atoms with Crippen LogP contribution in [0.5, 0.6) is 0 Å². The van der Waals surface area contributed by atoms with Crippen LogP contribution in [0.2, 0.25) is 19.1 Å². The fourth-order valence-corrected chi connectivity index (χ4v) is 5.11. The van der Waals surface area contributed by atoms with Crippen molar-refractivity contribution in [3.63, 3.8) is 0 Å². The number of hydrogen-bond acceptors (Lipinski definition) is 1. The molecule has 1 saturated heterocycles. The van der Waals surface area contributed by atoms with Crippen molar-refractivity contribution in [1.82, 2.24) is 0 Å². The molecule has 0 aromatic rings. The largest absolute Gasteiger partial charge is 0.410 e. The SMILES string of the molecule is CCCC/C=C1\C[Si](C)(C)OC1CCCCC. The van der Waals surface area contributed by atoms with E-state index in [1.807, 2.05) is 0 Å². The molecule has 1 aliphatic heterocycles. The Balaban J connectivity index is 2.48. The first-order chi connectivity index (χ1) is 8.09. The Labute approximate surface area is 109 Å². The average Bonchev–Trinajstić information content (AvgIpc) is 2.54. The molecule has 1 heterocycles. The molecule has 0 spiro atoms. The lowest BCUT2D eigenvalue weighted by Crippen LogP contribution is -2.25. The van der Waals surface area contributed by atoms with Gasteiger partial charge in [-0.15, -0.1) is 0 Å². The molecule has 100 valence electrons. The van der Waals surface area contributed by atoms with Crippen LogP contribution >= 0.6 is 0 Å². The molecule has 0 aromatic carbocycles. The maximum Gasteiger partial charge on any atom is 0.191 e. The van der Waals surface area contributed by atoms with E-state index in [0.717, 1.165) is 0 Å². The highest BCUT2D eigenvalue weighted by Crippen LogP contribution is 2.35. The van der Waals surface area contributed by atoms with E-state index >= 15 is 0 Å². The number of unbranched alkanes of at least 4 members (excludes halogenated alkanes) is 4. The van der Waals surface area contributed by atoms with Gasteiger partial charge in [-0.25, -0.2) is 0 Å². The van der Waals surface area contributed by atoms with Crippen molar-refractivity contribution in [2.45, 2.75) is 84.0 Å². The van der Waals surface area contributed by atoms with Gasteiger partial charge in [0.2, 0.25) is 0 Å². The van der Waals surface area contributed by atoms with Gasteiger partial charge < -0.3 is 4.43 Å². The van der Waals surface area contributed by atoms with Crippen molar-refractivity contribution in [1.29, 1.82) is 0 Å². The predicted molar refractivity (Wildman–Crippen MR) is 78.9 cm³/mol. The molecule has 0 aliphatic carbocycles. The first-order valence-corrected chi connectivity index (χ1v) is 10.6. The molecular weight excluding hydrogens is 224 g/mol. The summed E-state index contributed by atoms with van der Waals surface area (Å²) in [6.07, 6.45) is 12.1. The van der Waals surface area contributed by atoms with Gasteiger partial charge in [-0.3, -0.25) is 0 Å². The fourth-order valence-electron chi connectivity index (χ4n) is 2.63. The Bertz CT molecular complexity index is 245. The fraction of sp³-hybridized carbons (Fsp3) is 0.867. The zero-order valence-electron chi connectivity index (χ0n) is 12.2. The molecular formula is C15H30OSi. The average molecular weight is 254 g/mol. The third kappa shape index (κ3) is 5.39. The van der Waals surface area contributed by atoms with Crippen LogP contribution in [0.4, 0.5) is 0 Å². The van der Waals surface area contributed by atoms with Gasteiger partial charge >= 0.3 is 0 Å². The minimum atomic E-state index is -1.35. The van der Waals surface area contributed by atoms with Crippen molar-refractivity contribution in [3.8, 4) is 0 Å². The molecule has 2 heteroatoms. The minimum absolute atomic E-state index is 0.472. The maximum atomic E-state index is 6.31. The van der Waals surface area contributed by atoms with Crippen LogP contribution in [-0.4, -0.2) is 14.4 Å². The zero-order chi connectivity index (χ0) is 12.7. The van der Waals surface area contributed by atoms with Crippen molar-refractivity contribution in [2.24, 2.45) is 0 Å². The molecule has 1 nitrogen and oxygen atoms in total. The smallest absolute Gasteiger partial charge is 0.191 e. The molecule has 0 saturated carbocycles. The molecule has 0 amide bonds. The molecule has 0 N–H and O–H groups in total. The lowest BCUT2D eigenvalue weighted by molar-refractivity contribution is 0.238. The zero-order valence-corrected chi connectivity index (χ0v) is 13.2. The monoisotopic (exact) mass is 254 g/mol. The normalized spacial score (nSPS) is 25.6. The molecule has 1 rings (SSSR count). The highest BCUT2D eigenvalue weighted by atomic mass is 28.4. The van der Waals surface area contributed by atoms with Gasteiger partial charge in [0.1, 0.15) is 0 Å². The molecule has 17 heavy (non-hydrogen) atoms. The Hall–Kier alpha value is -0.0831. The topological polar surface area (TPSA) is 9.23 Å². The first kappa shape index (κ1) is 15.0. The Morgan fingerprint density at radius 1 is 1.18 bits per heavy atom. The lowest BCUT2D eigenvalue weighted by Gasteiger charge is -2.17. The van der Waals surface area contributed by atoms with Gasteiger partial charge in [0.05, 0.1) is 6.10 Å². The predicted octanol–water partition coefficient (Wildman–Crippen LogP) is 5.29. The third-order valence-electron chi connectivity index (χ3n) is 3.54. The van der Waals surface area contributed by atoms with Gasteiger partial charge in [-0.05, 0) is 37.6 Å². The Morgan fingerprint density at radius 2 is 1.88 bits per heavy atom. The van der Waals surface area contributed by atoms with Gasteiger partial charge in [-0.1, -0.05) is 52.0 Å². The van der Waals surface area contributed by atoms with Crippen molar-refractivity contribution >= 4 is 8.32 Å². The summed E-state index contributed by atoms with van der Waals surface area (Å²) in [6, 6.07) is 1.27. The van der Waals surface area contributed by atoms with E-state index < -0.39 is 8.32 Å². The quantitative estimate of drug-likeness (QED) is 0.341. The molecule has 1 aliphatic rings. The van der Waals surface area contributed by atoms with Crippen LogP contribution in [0.15, 0.2) is 11.6 Å². The van der Waals surface area contributed by atoms with Crippen LogP contribution in [0.25, 0.3) is 0 Å². The molecule has 0 radical (unpaired) electrons. The van der Waals surface area contributed by atoms with E-state index in [1.54, 1.807) is 5.57 Å². The summed E-state index contributed by atoms with van der Waals surface area (Å²) in [6.45, 7) is 9.26. The highest BCUT2D eigenvalue weighted by Gasteiger charge is 2.37. The summed E-state index contributed by atoms with van der Waals surface area (Å²) >= 11 is 0.